The van der Waals surface area contributed by atoms with E-state index in [-0.39, 0.29) is 23.8 Å². The molecule has 0 saturated heterocycles. The summed E-state index contributed by atoms with van der Waals surface area (Å²) < 4.78 is 20.8. The summed E-state index contributed by atoms with van der Waals surface area (Å²) >= 11 is 0. The zero-order chi connectivity index (χ0) is 17.1. The van der Waals surface area contributed by atoms with Gasteiger partial charge in [0.25, 0.3) is 0 Å². The highest BCUT2D eigenvalue weighted by Crippen LogP contribution is 2.37. The summed E-state index contributed by atoms with van der Waals surface area (Å²) in [5.74, 6) is 1.63. The molecule has 1 heterocycles. The average molecular weight is 334 g/mol. The highest BCUT2D eigenvalue weighted by molar-refractivity contribution is 5.29. The number of aliphatic hydroxyl groups is 1. The molecule has 6 nitrogen and oxygen atoms in total. The van der Waals surface area contributed by atoms with Gasteiger partial charge in [0.05, 0.1) is 13.2 Å². The van der Waals surface area contributed by atoms with Gasteiger partial charge in [-0.25, -0.2) is 4.39 Å². The molecule has 0 unspecified atom stereocenters. The summed E-state index contributed by atoms with van der Waals surface area (Å²) in [6, 6.07) is 4.70. The first kappa shape index (κ1) is 16.9. The van der Waals surface area contributed by atoms with E-state index in [2.05, 4.69) is 15.5 Å². The number of halogens is 1. The number of benzene rings is 1. The third-order valence-electron chi connectivity index (χ3n) is 4.74. The lowest BCUT2D eigenvalue weighted by Gasteiger charge is -2.15. The average Bonchev–Trinajstić information content (AvgIpc) is 3.15. The fourth-order valence-corrected chi connectivity index (χ4v) is 3.40. The first-order valence-corrected chi connectivity index (χ1v) is 8.13. The molecule has 7 heteroatoms. The summed E-state index contributed by atoms with van der Waals surface area (Å²) in [5, 5.41) is 21.6. The maximum Gasteiger partial charge on any atom is 0.135 e. The van der Waals surface area contributed by atoms with Crippen molar-refractivity contribution in [3.63, 3.8) is 0 Å². The van der Waals surface area contributed by atoms with Gasteiger partial charge in [-0.1, -0.05) is 0 Å². The van der Waals surface area contributed by atoms with Gasteiger partial charge in [0.15, 0.2) is 0 Å². The van der Waals surface area contributed by atoms with E-state index in [1.54, 1.807) is 25.6 Å². The van der Waals surface area contributed by atoms with Crippen LogP contribution in [0.2, 0.25) is 0 Å². The number of aryl methyl sites for hydroxylation is 1. The molecule has 1 aromatic carbocycles. The molecule has 1 fully saturated rings. The number of ether oxygens (including phenoxy) is 1. The third-order valence-corrected chi connectivity index (χ3v) is 4.74. The standard InChI is InChI=1S/C17H23FN4O2/c1-22-10-20-21-17(22)11-5-13(16(23)7-11)9-19-8-12-6-14(24-2)3-4-15(12)18/h3-4,6,10-11,13,16,19,23H,5,7-9H2,1-2H3/t11-,13+,16+/m0/s1. The number of rotatable bonds is 6. The zero-order valence-corrected chi connectivity index (χ0v) is 13.9. The van der Waals surface area contributed by atoms with Crippen LogP contribution in [0.4, 0.5) is 4.39 Å². The van der Waals surface area contributed by atoms with Gasteiger partial charge in [0.2, 0.25) is 0 Å². The molecule has 1 aliphatic carbocycles. The lowest BCUT2D eigenvalue weighted by atomic mass is 10.0. The second-order valence-corrected chi connectivity index (χ2v) is 6.38. The van der Waals surface area contributed by atoms with Crippen molar-refractivity contribution >= 4 is 0 Å². The predicted molar refractivity (Wildman–Crippen MR) is 87.1 cm³/mol. The first-order valence-electron chi connectivity index (χ1n) is 8.13. The minimum atomic E-state index is -0.380. The van der Waals surface area contributed by atoms with E-state index in [1.165, 1.54) is 6.07 Å². The van der Waals surface area contributed by atoms with Gasteiger partial charge < -0.3 is 19.7 Å². The van der Waals surface area contributed by atoms with Crippen LogP contribution in [0.1, 0.15) is 30.1 Å². The predicted octanol–water partition coefficient (Wildman–Crippen LogP) is 1.61. The summed E-state index contributed by atoms with van der Waals surface area (Å²) in [4.78, 5) is 0. The van der Waals surface area contributed by atoms with Crippen molar-refractivity contribution in [2.75, 3.05) is 13.7 Å². The number of methoxy groups -OCH3 is 1. The van der Waals surface area contributed by atoms with Crippen LogP contribution in [0.15, 0.2) is 24.5 Å². The number of nitrogens with zero attached hydrogens (tertiary/aromatic N) is 3. The lowest BCUT2D eigenvalue weighted by molar-refractivity contribution is 0.131. The van der Waals surface area contributed by atoms with Gasteiger partial charge >= 0.3 is 0 Å². The SMILES string of the molecule is COc1ccc(F)c(CNC[C@H]2C[C@H](c3nncn3C)C[C@H]2O)c1. The molecule has 2 aromatic rings. The van der Waals surface area contributed by atoms with Gasteiger partial charge in [-0.2, -0.15) is 0 Å². The highest BCUT2D eigenvalue weighted by Gasteiger charge is 2.35. The molecule has 1 saturated carbocycles. The molecule has 2 N–H and O–H groups in total. The number of hydrogen-bond donors (Lipinski definition) is 2. The number of nitrogens with one attached hydrogen (secondary N) is 1. The second kappa shape index (κ2) is 7.27. The third kappa shape index (κ3) is 3.57. The summed E-state index contributed by atoms with van der Waals surface area (Å²) in [6.45, 7) is 1.03. The molecule has 0 aliphatic heterocycles. The van der Waals surface area contributed by atoms with Crippen LogP contribution >= 0.6 is 0 Å². The first-order chi connectivity index (χ1) is 11.6. The van der Waals surface area contributed by atoms with Crippen LogP contribution in [-0.2, 0) is 13.6 Å². The Hall–Kier alpha value is -1.99. The van der Waals surface area contributed by atoms with E-state index in [1.807, 2.05) is 11.6 Å². The molecular formula is C17H23FN4O2. The smallest absolute Gasteiger partial charge is 0.135 e. The molecule has 3 rings (SSSR count). The van der Waals surface area contributed by atoms with E-state index in [9.17, 15) is 9.50 Å². The second-order valence-electron chi connectivity index (χ2n) is 6.38. The van der Waals surface area contributed by atoms with E-state index in [0.29, 0.717) is 30.8 Å². The van der Waals surface area contributed by atoms with Crippen LogP contribution in [-0.4, -0.2) is 39.6 Å². The summed E-state index contributed by atoms with van der Waals surface area (Å²) in [5.41, 5.74) is 0.562. The Bertz CT molecular complexity index is 691. The minimum Gasteiger partial charge on any atom is -0.497 e. The van der Waals surface area contributed by atoms with Crippen molar-refractivity contribution in [3.8, 4) is 5.75 Å². The topological polar surface area (TPSA) is 72.2 Å². The molecule has 0 bridgehead atoms. The number of hydrogen-bond acceptors (Lipinski definition) is 5. The molecule has 0 amide bonds. The Morgan fingerprint density at radius 2 is 2.25 bits per heavy atom. The summed E-state index contributed by atoms with van der Waals surface area (Å²) in [7, 11) is 3.48. The minimum absolute atomic E-state index is 0.125. The monoisotopic (exact) mass is 334 g/mol. The van der Waals surface area contributed by atoms with Crippen molar-refractivity contribution in [2.24, 2.45) is 13.0 Å². The lowest BCUT2D eigenvalue weighted by Crippen LogP contribution is -2.27. The van der Waals surface area contributed by atoms with Crippen LogP contribution in [0.25, 0.3) is 0 Å². The normalized spacial score (nSPS) is 23.6. The van der Waals surface area contributed by atoms with Crippen LogP contribution in [0, 0.1) is 11.7 Å². The Balaban J connectivity index is 1.55. The van der Waals surface area contributed by atoms with Crippen molar-refractivity contribution in [1.29, 1.82) is 0 Å². The van der Waals surface area contributed by atoms with Crippen molar-refractivity contribution in [2.45, 2.75) is 31.4 Å². The molecule has 0 spiro atoms. The summed E-state index contributed by atoms with van der Waals surface area (Å²) in [6.07, 6.45) is 2.83. The van der Waals surface area contributed by atoms with E-state index in [4.69, 9.17) is 4.74 Å². The molecule has 0 radical (unpaired) electrons. The Labute approximate surface area is 140 Å². The Morgan fingerprint density at radius 3 is 2.96 bits per heavy atom. The van der Waals surface area contributed by atoms with Crippen molar-refractivity contribution in [3.05, 3.63) is 41.7 Å². The van der Waals surface area contributed by atoms with Crippen LogP contribution in [0.3, 0.4) is 0 Å². The number of aliphatic hydroxyl groups excluding tert-OH is 1. The molecule has 1 aliphatic rings. The maximum absolute atomic E-state index is 13.8. The van der Waals surface area contributed by atoms with E-state index >= 15 is 0 Å². The van der Waals surface area contributed by atoms with Gasteiger partial charge in [-0.15, -0.1) is 10.2 Å². The quantitative estimate of drug-likeness (QED) is 0.840. The molecule has 3 atom stereocenters. The Morgan fingerprint density at radius 1 is 1.42 bits per heavy atom. The van der Waals surface area contributed by atoms with Crippen LogP contribution in [0.5, 0.6) is 5.75 Å². The highest BCUT2D eigenvalue weighted by atomic mass is 19.1. The van der Waals surface area contributed by atoms with Crippen molar-refractivity contribution in [1.82, 2.24) is 20.1 Å². The number of aromatic nitrogens is 3. The Kier molecular flexibility index (Phi) is 5.11. The van der Waals surface area contributed by atoms with Gasteiger partial charge in [-0.3, -0.25) is 0 Å². The molecule has 1 aromatic heterocycles. The van der Waals surface area contributed by atoms with Gasteiger partial charge in [0.1, 0.15) is 23.7 Å². The molecule has 130 valence electrons. The van der Waals surface area contributed by atoms with Crippen molar-refractivity contribution < 1.29 is 14.2 Å². The molecule has 24 heavy (non-hydrogen) atoms. The fourth-order valence-electron chi connectivity index (χ4n) is 3.40. The van der Waals surface area contributed by atoms with Crippen LogP contribution < -0.4 is 10.1 Å². The van der Waals surface area contributed by atoms with E-state index in [0.717, 1.165) is 12.2 Å². The van der Waals surface area contributed by atoms with E-state index < -0.39 is 0 Å². The maximum atomic E-state index is 13.8. The van der Waals surface area contributed by atoms with Gasteiger partial charge in [-0.05, 0) is 37.0 Å². The van der Waals surface area contributed by atoms with Gasteiger partial charge in [0, 0.05) is 31.6 Å². The fraction of sp³-hybridized carbons (Fsp3) is 0.529. The largest absolute Gasteiger partial charge is 0.497 e. The molecular weight excluding hydrogens is 311 g/mol. The zero-order valence-electron chi connectivity index (χ0n) is 13.9.